The zero-order valence-corrected chi connectivity index (χ0v) is 8.53. The summed E-state index contributed by atoms with van der Waals surface area (Å²) in [5.41, 5.74) is 0.453. The number of carbonyl (C=O) groups excluding carboxylic acids is 2. The lowest BCUT2D eigenvalue weighted by atomic mass is 10.1. The highest BCUT2D eigenvalue weighted by Gasteiger charge is 2.20. The lowest BCUT2D eigenvalue weighted by Crippen LogP contribution is -2.15. The molecule has 0 aliphatic heterocycles. The van der Waals surface area contributed by atoms with Crippen LogP contribution in [0.15, 0.2) is 6.07 Å². The number of hydrogen-bond donors (Lipinski definition) is 0. The number of carbonyl (C=O) groups is 2. The summed E-state index contributed by atoms with van der Waals surface area (Å²) < 4.78 is 4.35. The quantitative estimate of drug-likeness (QED) is 0.413. The summed E-state index contributed by atoms with van der Waals surface area (Å²) in [4.78, 5) is 24.1. The van der Waals surface area contributed by atoms with Gasteiger partial charge in [0.25, 0.3) is 5.78 Å². The molecule has 0 aliphatic carbocycles. The smallest absolute Gasteiger partial charge is 0.379 e. The largest absolute Gasteiger partial charge is 0.463 e. The third-order valence-electron chi connectivity index (χ3n) is 1.66. The Bertz CT molecular complexity index is 352. The van der Waals surface area contributed by atoms with Gasteiger partial charge in [0.15, 0.2) is 0 Å². The molecule has 0 radical (unpaired) electrons. The first-order chi connectivity index (χ1) is 6.06. The Morgan fingerprint density at radius 1 is 1.38 bits per heavy atom. The molecule has 1 aromatic heterocycles. The van der Waals surface area contributed by atoms with E-state index < -0.39 is 11.8 Å². The second kappa shape index (κ2) is 3.70. The second-order valence-corrected chi connectivity index (χ2v) is 4.11. The van der Waals surface area contributed by atoms with Gasteiger partial charge in [-0.15, -0.1) is 11.3 Å². The summed E-state index contributed by atoms with van der Waals surface area (Å²) in [6.45, 7) is 3.71. The van der Waals surface area contributed by atoms with Crippen LogP contribution in [0.2, 0.25) is 0 Å². The molecular weight excluding hydrogens is 188 g/mol. The standard InChI is InChI=1S/C9H10O3S/c1-5-4-7(6(2)13-5)8(10)9(11)12-3/h4H,1-3H3. The number of esters is 1. The maximum absolute atomic E-state index is 11.3. The Hall–Kier alpha value is -1.16. The minimum atomic E-state index is -0.805. The highest BCUT2D eigenvalue weighted by molar-refractivity contribution is 7.12. The molecule has 0 aliphatic rings. The number of ketones is 1. The van der Waals surface area contributed by atoms with E-state index in [0.29, 0.717) is 5.56 Å². The van der Waals surface area contributed by atoms with E-state index in [1.165, 1.54) is 18.4 Å². The zero-order chi connectivity index (χ0) is 10.0. The van der Waals surface area contributed by atoms with Gasteiger partial charge in [-0.3, -0.25) is 4.79 Å². The Labute approximate surface area is 80.3 Å². The molecule has 0 spiro atoms. The van der Waals surface area contributed by atoms with E-state index in [0.717, 1.165) is 9.75 Å². The fraction of sp³-hybridized carbons (Fsp3) is 0.333. The monoisotopic (exact) mass is 198 g/mol. The zero-order valence-electron chi connectivity index (χ0n) is 7.71. The second-order valence-electron chi connectivity index (χ2n) is 2.65. The van der Waals surface area contributed by atoms with Crippen LogP contribution >= 0.6 is 11.3 Å². The van der Waals surface area contributed by atoms with Crippen LogP contribution in [0, 0.1) is 13.8 Å². The number of hydrogen-bond acceptors (Lipinski definition) is 4. The summed E-state index contributed by atoms with van der Waals surface area (Å²) in [5.74, 6) is -1.37. The van der Waals surface area contributed by atoms with Crippen LogP contribution < -0.4 is 0 Å². The summed E-state index contributed by atoms with van der Waals surface area (Å²) in [7, 11) is 1.20. The van der Waals surface area contributed by atoms with Gasteiger partial charge in [-0.25, -0.2) is 4.79 Å². The van der Waals surface area contributed by atoms with Crippen molar-refractivity contribution < 1.29 is 14.3 Å². The molecular formula is C9H10O3S. The highest BCUT2D eigenvalue weighted by Crippen LogP contribution is 2.21. The van der Waals surface area contributed by atoms with Crippen molar-refractivity contribution in [1.29, 1.82) is 0 Å². The van der Waals surface area contributed by atoms with Crippen molar-refractivity contribution in [2.24, 2.45) is 0 Å². The molecule has 0 bridgehead atoms. The van der Waals surface area contributed by atoms with Gasteiger partial charge >= 0.3 is 5.97 Å². The van der Waals surface area contributed by atoms with Gasteiger partial charge in [-0.05, 0) is 19.9 Å². The number of thiophene rings is 1. The first kappa shape index (κ1) is 9.92. The molecule has 13 heavy (non-hydrogen) atoms. The van der Waals surface area contributed by atoms with Crippen LogP contribution in [0.1, 0.15) is 20.1 Å². The van der Waals surface area contributed by atoms with E-state index in [9.17, 15) is 9.59 Å². The van der Waals surface area contributed by atoms with Gasteiger partial charge in [0.05, 0.1) is 7.11 Å². The molecule has 1 aromatic rings. The molecule has 70 valence electrons. The van der Waals surface area contributed by atoms with E-state index in [1.54, 1.807) is 6.07 Å². The van der Waals surface area contributed by atoms with E-state index >= 15 is 0 Å². The fourth-order valence-corrected chi connectivity index (χ4v) is 1.98. The van der Waals surface area contributed by atoms with E-state index in [1.807, 2.05) is 13.8 Å². The molecule has 1 rings (SSSR count). The van der Waals surface area contributed by atoms with Gasteiger partial charge in [0.1, 0.15) is 0 Å². The molecule has 3 nitrogen and oxygen atoms in total. The van der Waals surface area contributed by atoms with Gasteiger partial charge in [-0.1, -0.05) is 0 Å². The number of ether oxygens (including phenoxy) is 1. The first-order valence-electron chi connectivity index (χ1n) is 3.76. The van der Waals surface area contributed by atoms with Crippen molar-refractivity contribution in [1.82, 2.24) is 0 Å². The van der Waals surface area contributed by atoms with Crippen molar-refractivity contribution >= 4 is 23.1 Å². The summed E-state index contributed by atoms with van der Waals surface area (Å²) >= 11 is 1.50. The molecule has 0 aromatic carbocycles. The Morgan fingerprint density at radius 3 is 2.38 bits per heavy atom. The van der Waals surface area contributed by atoms with Gasteiger partial charge in [0.2, 0.25) is 0 Å². The normalized spacial score (nSPS) is 9.77. The van der Waals surface area contributed by atoms with Crippen molar-refractivity contribution in [3.63, 3.8) is 0 Å². The molecule has 0 saturated heterocycles. The molecule has 0 amide bonds. The minimum absolute atomic E-state index is 0.453. The number of methoxy groups -OCH3 is 1. The topological polar surface area (TPSA) is 43.4 Å². The van der Waals surface area contributed by atoms with Crippen molar-refractivity contribution in [3.8, 4) is 0 Å². The number of aryl methyl sites for hydroxylation is 2. The van der Waals surface area contributed by atoms with Crippen molar-refractivity contribution in [2.75, 3.05) is 7.11 Å². The van der Waals surface area contributed by atoms with E-state index in [2.05, 4.69) is 4.74 Å². The van der Waals surface area contributed by atoms with Crippen molar-refractivity contribution in [2.45, 2.75) is 13.8 Å². The molecule has 0 atom stereocenters. The third-order valence-corrected chi connectivity index (χ3v) is 2.62. The molecule has 1 heterocycles. The summed E-state index contributed by atoms with van der Waals surface area (Å²) in [6.07, 6.45) is 0. The predicted octanol–water partition coefficient (Wildman–Crippen LogP) is 1.72. The average Bonchev–Trinajstić information content (AvgIpc) is 2.42. The van der Waals surface area contributed by atoms with Crippen LogP contribution in [0.3, 0.4) is 0 Å². The van der Waals surface area contributed by atoms with Gasteiger partial charge in [0, 0.05) is 15.3 Å². The van der Waals surface area contributed by atoms with Crippen LogP contribution in [-0.4, -0.2) is 18.9 Å². The van der Waals surface area contributed by atoms with Crippen LogP contribution in [0.25, 0.3) is 0 Å². The highest BCUT2D eigenvalue weighted by atomic mass is 32.1. The molecule has 4 heteroatoms. The lowest BCUT2D eigenvalue weighted by molar-refractivity contribution is -0.135. The molecule has 0 N–H and O–H groups in total. The van der Waals surface area contributed by atoms with E-state index in [4.69, 9.17) is 0 Å². The van der Waals surface area contributed by atoms with Gasteiger partial charge in [-0.2, -0.15) is 0 Å². The fourth-order valence-electron chi connectivity index (χ4n) is 1.06. The van der Waals surface area contributed by atoms with Crippen LogP contribution in [-0.2, 0) is 9.53 Å². The number of Topliss-reactive ketones (excluding diaryl/α,β-unsaturated/α-hetero) is 1. The van der Waals surface area contributed by atoms with Crippen LogP contribution in [0.5, 0.6) is 0 Å². The Balaban J connectivity index is 3.01. The van der Waals surface area contributed by atoms with E-state index in [-0.39, 0.29) is 0 Å². The maximum Gasteiger partial charge on any atom is 0.379 e. The number of rotatable bonds is 2. The van der Waals surface area contributed by atoms with Crippen LogP contribution in [0.4, 0.5) is 0 Å². The maximum atomic E-state index is 11.3. The minimum Gasteiger partial charge on any atom is -0.463 e. The third kappa shape index (κ3) is 1.95. The average molecular weight is 198 g/mol. The van der Waals surface area contributed by atoms with Gasteiger partial charge < -0.3 is 4.74 Å². The predicted molar refractivity (Wildman–Crippen MR) is 50.1 cm³/mol. The summed E-state index contributed by atoms with van der Waals surface area (Å²) in [5, 5.41) is 0. The molecule has 0 fully saturated rings. The summed E-state index contributed by atoms with van der Waals surface area (Å²) in [6, 6.07) is 1.71. The Kier molecular flexibility index (Phi) is 2.83. The molecule has 0 saturated carbocycles. The molecule has 0 unspecified atom stereocenters. The SMILES string of the molecule is COC(=O)C(=O)c1cc(C)sc1C. The van der Waals surface area contributed by atoms with Crippen molar-refractivity contribution in [3.05, 3.63) is 21.4 Å². The lowest BCUT2D eigenvalue weighted by Gasteiger charge is -1.96. The Morgan fingerprint density at radius 2 is 2.00 bits per heavy atom. The first-order valence-corrected chi connectivity index (χ1v) is 4.57.